The first-order chi connectivity index (χ1) is 17.2. The Morgan fingerprint density at radius 1 is 1.14 bits per heavy atom. The Labute approximate surface area is 213 Å². The molecule has 2 N–H and O–H groups in total. The fourth-order valence-electron chi connectivity index (χ4n) is 4.51. The van der Waals surface area contributed by atoms with Crippen LogP contribution in [-0.2, 0) is 9.59 Å². The quantitative estimate of drug-likeness (QED) is 0.340. The van der Waals surface area contributed by atoms with Crippen molar-refractivity contribution in [1.29, 1.82) is 0 Å². The molecule has 3 heterocycles. The zero-order chi connectivity index (χ0) is 26.0. The number of hydrogen-bond donors (Lipinski definition) is 2. The first-order valence-corrected chi connectivity index (χ1v) is 12.7. The van der Waals surface area contributed by atoms with E-state index in [-0.39, 0.29) is 17.9 Å². The molecule has 0 saturated heterocycles. The van der Waals surface area contributed by atoms with Crippen molar-refractivity contribution in [3.8, 4) is 10.4 Å². The molecule has 3 aromatic heterocycles. The van der Waals surface area contributed by atoms with Crippen LogP contribution in [0.5, 0.6) is 0 Å². The van der Waals surface area contributed by atoms with Crippen LogP contribution in [0.15, 0.2) is 59.1 Å². The molecule has 1 amide bonds. The number of amides is 1. The summed E-state index contributed by atoms with van der Waals surface area (Å²) < 4.78 is 2.81. The summed E-state index contributed by atoms with van der Waals surface area (Å²) in [5, 5.41) is 18.6. The van der Waals surface area contributed by atoms with Crippen LogP contribution in [0.3, 0.4) is 0 Å². The largest absolute Gasteiger partial charge is 0.481 e. The summed E-state index contributed by atoms with van der Waals surface area (Å²) in [4.78, 5) is 39.4. The van der Waals surface area contributed by atoms with Gasteiger partial charge in [0, 0.05) is 11.1 Å². The monoisotopic (exact) mass is 506 g/mol. The van der Waals surface area contributed by atoms with E-state index in [1.165, 1.54) is 22.3 Å². The van der Waals surface area contributed by atoms with E-state index in [1.54, 1.807) is 22.7 Å². The number of nitrogens with one attached hydrogen (secondary N) is 1. The minimum atomic E-state index is -1.02. The van der Waals surface area contributed by atoms with E-state index in [0.717, 1.165) is 27.1 Å². The SMILES string of the molecule is Cc1cccc(C)c1-c1cc([C@H](CC(=O)O)NC(=O)[C@@H](CC(C)C)n2ncn3cccc3c2=O)cs1. The van der Waals surface area contributed by atoms with Gasteiger partial charge in [-0.05, 0) is 72.0 Å². The Morgan fingerprint density at radius 2 is 1.86 bits per heavy atom. The molecule has 0 saturated carbocycles. The number of thiophene rings is 1. The van der Waals surface area contributed by atoms with Crippen molar-refractivity contribution < 1.29 is 14.7 Å². The van der Waals surface area contributed by atoms with Crippen LogP contribution in [0.1, 0.15) is 55.5 Å². The Bertz CT molecular complexity index is 1450. The van der Waals surface area contributed by atoms with Gasteiger partial charge in [0.1, 0.15) is 17.9 Å². The van der Waals surface area contributed by atoms with Gasteiger partial charge in [0.05, 0.1) is 12.5 Å². The fourth-order valence-corrected chi connectivity index (χ4v) is 5.65. The summed E-state index contributed by atoms with van der Waals surface area (Å²) in [5.41, 5.74) is 4.15. The van der Waals surface area contributed by atoms with Gasteiger partial charge in [-0.1, -0.05) is 32.0 Å². The molecular formula is C27H30N4O4S. The fraction of sp³-hybridized carbons (Fsp3) is 0.333. The summed E-state index contributed by atoms with van der Waals surface area (Å²) in [7, 11) is 0. The van der Waals surface area contributed by atoms with E-state index in [0.29, 0.717) is 11.9 Å². The molecule has 9 heteroatoms. The molecule has 4 aromatic rings. The van der Waals surface area contributed by atoms with Gasteiger partial charge in [-0.15, -0.1) is 11.3 Å². The van der Waals surface area contributed by atoms with Gasteiger partial charge in [-0.2, -0.15) is 5.10 Å². The van der Waals surface area contributed by atoms with Crippen molar-refractivity contribution in [1.82, 2.24) is 19.5 Å². The van der Waals surface area contributed by atoms with E-state index < -0.39 is 24.0 Å². The van der Waals surface area contributed by atoms with Crippen molar-refractivity contribution in [3.63, 3.8) is 0 Å². The number of hydrogen-bond acceptors (Lipinski definition) is 5. The van der Waals surface area contributed by atoms with Crippen molar-refractivity contribution in [2.45, 2.75) is 52.6 Å². The normalized spacial score (nSPS) is 13.1. The molecule has 0 aliphatic heterocycles. The topological polar surface area (TPSA) is 106 Å². The van der Waals surface area contributed by atoms with Crippen molar-refractivity contribution in [3.05, 3.63) is 81.3 Å². The average Bonchev–Trinajstić information content (AvgIpc) is 3.47. The first-order valence-electron chi connectivity index (χ1n) is 11.9. The molecule has 2 atom stereocenters. The highest BCUT2D eigenvalue weighted by atomic mass is 32.1. The van der Waals surface area contributed by atoms with Crippen LogP contribution in [0.4, 0.5) is 0 Å². The Kier molecular flexibility index (Phi) is 7.40. The minimum Gasteiger partial charge on any atom is -0.481 e. The zero-order valence-corrected chi connectivity index (χ0v) is 21.6. The van der Waals surface area contributed by atoms with Gasteiger partial charge < -0.3 is 14.8 Å². The number of carbonyl (C=O) groups is 2. The molecule has 0 unspecified atom stereocenters. The lowest BCUT2D eigenvalue weighted by atomic mass is 9.99. The summed E-state index contributed by atoms with van der Waals surface area (Å²) in [6.07, 6.45) is 3.33. The molecule has 0 bridgehead atoms. The molecule has 0 spiro atoms. The summed E-state index contributed by atoms with van der Waals surface area (Å²) in [6, 6.07) is 9.85. The Hall–Kier alpha value is -3.72. The number of carbonyl (C=O) groups excluding carboxylic acids is 1. The van der Waals surface area contributed by atoms with Gasteiger partial charge in [-0.25, -0.2) is 4.68 Å². The molecule has 188 valence electrons. The molecule has 0 radical (unpaired) electrons. The van der Waals surface area contributed by atoms with Gasteiger partial charge in [0.25, 0.3) is 5.56 Å². The first kappa shape index (κ1) is 25.4. The number of aryl methyl sites for hydroxylation is 2. The van der Waals surface area contributed by atoms with Gasteiger partial charge in [0.2, 0.25) is 5.91 Å². The van der Waals surface area contributed by atoms with Crippen LogP contribution in [0, 0.1) is 19.8 Å². The summed E-state index contributed by atoms with van der Waals surface area (Å²) in [5.74, 6) is -1.35. The average molecular weight is 507 g/mol. The highest BCUT2D eigenvalue weighted by Gasteiger charge is 2.28. The number of carboxylic acid groups (broad SMARTS) is 1. The van der Waals surface area contributed by atoms with Crippen LogP contribution < -0.4 is 10.9 Å². The van der Waals surface area contributed by atoms with Crippen LogP contribution in [-0.4, -0.2) is 31.2 Å². The maximum absolute atomic E-state index is 13.5. The maximum Gasteiger partial charge on any atom is 0.305 e. The van der Waals surface area contributed by atoms with Crippen molar-refractivity contribution in [2.24, 2.45) is 5.92 Å². The van der Waals surface area contributed by atoms with Crippen LogP contribution in [0.25, 0.3) is 16.0 Å². The number of fused-ring (bicyclic) bond motifs is 1. The highest BCUT2D eigenvalue weighted by molar-refractivity contribution is 7.13. The predicted octanol–water partition coefficient (Wildman–Crippen LogP) is 4.76. The number of aliphatic carboxylic acids is 1. The van der Waals surface area contributed by atoms with Gasteiger partial charge in [-0.3, -0.25) is 14.4 Å². The summed E-state index contributed by atoms with van der Waals surface area (Å²) in [6.45, 7) is 8.01. The second-order valence-corrected chi connectivity index (χ2v) is 10.4. The van der Waals surface area contributed by atoms with Gasteiger partial charge >= 0.3 is 5.97 Å². The highest BCUT2D eigenvalue weighted by Crippen LogP contribution is 2.35. The third kappa shape index (κ3) is 5.26. The second kappa shape index (κ2) is 10.5. The molecule has 8 nitrogen and oxygen atoms in total. The van der Waals surface area contributed by atoms with E-state index in [9.17, 15) is 19.5 Å². The van der Waals surface area contributed by atoms with Crippen molar-refractivity contribution >= 4 is 28.7 Å². The Balaban J connectivity index is 1.67. The number of rotatable bonds is 9. The van der Waals surface area contributed by atoms with Crippen LogP contribution in [0.2, 0.25) is 0 Å². The lowest BCUT2D eigenvalue weighted by Crippen LogP contribution is -2.41. The second-order valence-electron chi connectivity index (χ2n) is 9.50. The number of nitrogens with zero attached hydrogens (tertiary/aromatic N) is 3. The molecule has 0 aliphatic carbocycles. The minimum absolute atomic E-state index is 0.104. The van der Waals surface area contributed by atoms with Crippen LogP contribution >= 0.6 is 11.3 Å². The van der Waals surface area contributed by atoms with E-state index in [2.05, 4.69) is 10.4 Å². The molecule has 36 heavy (non-hydrogen) atoms. The van der Waals surface area contributed by atoms with E-state index >= 15 is 0 Å². The maximum atomic E-state index is 13.5. The molecule has 4 rings (SSSR count). The number of benzene rings is 1. The molecule has 1 aromatic carbocycles. The molecule has 0 fully saturated rings. The number of aromatic nitrogens is 3. The third-order valence-electron chi connectivity index (χ3n) is 6.24. The van der Waals surface area contributed by atoms with E-state index in [4.69, 9.17) is 0 Å². The zero-order valence-electron chi connectivity index (χ0n) is 20.8. The standard InChI is InChI=1S/C27H30N4O4S/c1-16(2)11-22(31-27(35)21-9-6-10-30(21)15-28-31)26(34)29-20(13-24(32)33)19-12-23(36-14-19)25-17(3)7-5-8-18(25)4/h5-10,12,14-16,20,22H,11,13H2,1-4H3,(H,29,34)(H,32,33)/t20-,22+/m0/s1. The molecular weight excluding hydrogens is 476 g/mol. The Morgan fingerprint density at radius 3 is 2.53 bits per heavy atom. The smallest absolute Gasteiger partial charge is 0.305 e. The lowest BCUT2D eigenvalue weighted by Gasteiger charge is -2.23. The number of carboxylic acids is 1. The predicted molar refractivity (Wildman–Crippen MR) is 140 cm³/mol. The molecule has 0 aliphatic rings. The third-order valence-corrected chi connectivity index (χ3v) is 7.21. The van der Waals surface area contributed by atoms with Crippen molar-refractivity contribution in [2.75, 3.05) is 0 Å². The lowest BCUT2D eigenvalue weighted by molar-refractivity contribution is -0.138. The van der Waals surface area contributed by atoms with E-state index in [1.807, 2.05) is 57.3 Å². The van der Waals surface area contributed by atoms with Gasteiger partial charge in [0.15, 0.2) is 0 Å². The summed E-state index contributed by atoms with van der Waals surface area (Å²) >= 11 is 1.52.